The second-order valence-electron chi connectivity index (χ2n) is 1.97. The maximum Gasteiger partial charge on any atom is 0.374 e. The summed E-state index contributed by atoms with van der Waals surface area (Å²) in [7, 11) is 0. The molecule has 0 radical (unpaired) electrons. The standard InChI is InChI=1S/C8H12O4/c1-4-7(12-6(3)9)8(10)11-5-2/h4H,5H2,1-3H3/b7-4-. The van der Waals surface area contributed by atoms with Crippen molar-refractivity contribution in [2.24, 2.45) is 0 Å². The van der Waals surface area contributed by atoms with E-state index in [1.54, 1.807) is 13.8 Å². The highest BCUT2D eigenvalue weighted by atomic mass is 16.6. The lowest BCUT2D eigenvalue weighted by atomic mass is 10.4. The molecule has 0 amide bonds. The van der Waals surface area contributed by atoms with Crippen molar-refractivity contribution < 1.29 is 19.1 Å². The Morgan fingerprint density at radius 3 is 2.33 bits per heavy atom. The molecule has 0 aromatic carbocycles. The third kappa shape index (κ3) is 3.75. The van der Waals surface area contributed by atoms with Crippen molar-refractivity contribution in [3.05, 3.63) is 11.8 Å². The van der Waals surface area contributed by atoms with Gasteiger partial charge in [-0.25, -0.2) is 4.79 Å². The van der Waals surface area contributed by atoms with Gasteiger partial charge in [0.2, 0.25) is 5.76 Å². The molecule has 0 aliphatic carbocycles. The van der Waals surface area contributed by atoms with Gasteiger partial charge >= 0.3 is 11.9 Å². The summed E-state index contributed by atoms with van der Waals surface area (Å²) in [6, 6.07) is 0. The highest BCUT2D eigenvalue weighted by molar-refractivity contribution is 5.89. The van der Waals surface area contributed by atoms with Crippen molar-refractivity contribution in [3.63, 3.8) is 0 Å². The van der Waals surface area contributed by atoms with Crippen LogP contribution in [0.5, 0.6) is 0 Å². The number of ether oxygens (including phenoxy) is 2. The molecule has 0 N–H and O–H groups in total. The molecule has 0 aromatic rings. The summed E-state index contributed by atoms with van der Waals surface area (Å²) in [5, 5.41) is 0. The van der Waals surface area contributed by atoms with Crippen molar-refractivity contribution >= 4 is 11.9 Å². The molecule has 4 nitrogen and oxygen atoms in total. The van der Waals surface area contributed by atoms with Crippen LogP contribution in [0.2, 0.25) is 0 Å². The predicted molar refractivity (Wildman–Crippen MR) is 42.2 cm³/mol. The Morgan fingerprint density at radius 1 is 1.42 bits per heavy atom. The van der Waals surface area contributed by atoms with Gasteiger partial charge in [0.05, 0.1) is 6.61 Å². The molecule has 0 rings (SSSR count). The smallest absolute Gasteiger partial charge is 0.374 e. The van der Waals surface area contributed by atoms with E-state index in [0.717, 1.165) is 0 Å². The monoisotopic (exact) mass is 172 g/mol. The van der Waals surface area contributed by atoms with Crippen LogP contribution in [0.4, 0.5) is 0 Å². The maximum absolute atomic E-state index is 10.9. The summed E-state index contributed by atoms with van der Waals surface area (Å²) < 4.78 is 9.17. The van der Waals surface area contributed by atoms with Gasteiger partial charge in [-0.15, -0.1) is 0 Å². The zero-order valence-corrected chi connectivity index (χ0v) is 7.42. The Bertz CT molecular complexity index is 205. The summed E-state index contributed by atoms with van der Waals surface area (Å²) in [6.45, 7) is 4.76. The van der Waals surface area contributed by atoms with Crippen LogP contribution in [0.3, 0.4) is 0 Å². The molecular weight excluding hydrogens is 160 g/mol. The Balaban J connectivity index is 4.17. The Hall–Kier alpha value is -1.32. The lowest BCUT2D eigenvalue weighted by Crippen LogP contribution is -2.12. The highest BCUT2D eigenvalue weighted by Crippen LogP contribution is 2.00. The van der Waals surface area contributed by atoms with E-state index < -0.39 is 11.9 Å². The first kappa shape index (κ1) is 10.7. The molecule has 0 aliphatic rings. The second kappa shape index (κ2) is 5.35. The molecular formula is C8H12O4. The summed E-state index contributed by atoms with van der Waals surface area (Å²) in [4.78, 5) is 21.4. The minimum atomic E-state index is -0.616. The van der Waals surface area contributed by atoms with Crippen molar-refractivity contribution in [2.75, 3.05) is 6.61 Å². The van der Waals surface area contributed by atoms with Crippen LogP contribution in [0.25, 0.3) is 0 Å². The van der Waals surface area contributed by atoms with E-state index in [9.17, 15) is 9.59 Å². The Labute approximate surface area is 71.2 Å². The first-order valence-corrected chi connectivity index (χ1v) is 3.63. The van der Waals surface area contributed by atoms with E-state index in [4.69, 9.17) is 0 Å². The molecule has 0 bridgehead atoms. The van der Waals surface area contributed by atoms with E-state index in [-0.39, 0.29) is 12.4 Å². The second-order valence-corrected chi connectivity index (χ2v) is 1.97. The van der Waals surface area contributed by atoms with Crippen LogP contribution in [0.15, 0.2) is 11.8 Å². The Kier molecular flexibility index (Phi) is 4.76. The van der Waals surface area contributed by atoms with Gasteiger partial charge in [0.1, 0.15) is 0 Å². The quantitative estimate of drug-likeness (QED) is 0.362. The lowest BCUT2D eigenvalue weighted by molar-refractivity contribution is -0.150. The molecule has 0 fully saturated rings. The number of carbonyl (C=O) groups is 2. The fourth-order valence-corrected chi connectivity index (χ4v) is 0.576. The topological polar surface area (TPSA) is 52.6 Å². The maximum atomic E-state index is 10.9. The van der Waals surface area contributed by atoms with E-state index in [2.05, 4.69) is 9.47 Å². The minimum Gasteiger partial charge on any atom is -0.460 e. The molecule has 0 saturated carbocycles. The highest BCUT2D eigenvalue weighted by Gasteiger charge is 2.12. The third-order valence-electron chi connectivity index (χ3n) is 0.992. The molecule has 0 atom stereocenters. The van der Waals surface area contributed by atoms with Crippen molar-refractivity contribution in [1.82, 2.24) is 0 Å². The van der Waals surface area contributed by atoms with Gasteiger partial charge in [0, 0.05) is 6.92 Å². The van der Waals surface area contributed by atoms with E-state index in [0.29, 0.717) is 0 Å². The van der Waals surface area contributed by atoms with Gasteiger partial charge in [-0.2, -0.15) is 0 Å². The number of allylic oxidation sites excluding steroid dienone is 1. The number of rotatable bonds is 3. The minimum absolute atomic E-state index is 0.0654. The summed E-state index contributed by atoms with van der Waals surface area (Å²) >= 11 is 0. The van der Waals surface area contributed by atoms with Crippen LogP contribution in [0, 0.1) is 0 Å². The van der Waals surface area contributed by atoms with E-state index in [1.807, 2.05) is 0 Å². The molecule has 0 unspecified atom stereocenters. The predicted octanol–water partition coefficient (Wildman–Crippen LogP) is 1.02. The Morgan fingerprint density at radius 2 is 2.00 bits per heavy atom. The van der Waals surface area contributed by atoms with Crippen LogP contribution >= 0.6 is 0 Å². The molecule has 68 valence electrons. The number of esters is 2. The number of hydrogen-bond acceptors (Lipinski definition) is 4. The van der Waals surface area contributed by atoms with Gasteiger partial charge < -0.3 is 9.47 Å². The van der Waals surface area contributed by atoms with Crippen molar-refractivity contribution in [1.29, 1.82) is 0 Å². The SMILES string of the molecule is C/C=C(\OC(C)=O)C(=O)OCC. The molecule has 0 saturated heterocycles. The van der Waals surface area contributed by atoms with Gasteiger partial charge in [-0.3, -0.25) is 4.79 Å². The molecule has 12 heavy (non-hydrogen) atoms. The molecule has 0 heterocycles. The molecule has 4 heteroatoms. The van der Waals surface area contributed by atoms with Crippen LogP contribution in [-0.2, 0) is 19.1 Å². The first-order valence-electron chi connectivity index (χ1n) is 3.63. The zero-order chi connectivity index (χ0) is 9.56. The first-order chi connectivity index (χ1) is 5.61. The average Bonchev–Trinajstić information content (AvgIpc) is 2.00. The van der Waals surface area contributed by atoms with E-state index >= 15 is 0 Å². The molecule has 0 spiro atoms. The number of hydrogen-bond donors (Lipinski definition) is 0. The van der Waals surface area contributed by atoms with Crippen molar-refractivity contribution in [2.45, 2.75) is 20.8 Å². The van der Waals surface area contributed by atoms with Gasteiger partial charge in [-0.05, 0) is 19.9 Å². The van der Waals surface area contributed by atoms with Gasteiger partial charge in [0.25, 0.3) is 0 Å². The van der Waals surface area contributed by atoms with Gasteiger partial charge in [-0.1, -0.05) is 0 Å². The van der Waals surface area contributed by atoms with Crippen LogP contribution in [0.1, 0.15) is 20.8 Å². The fourth-order valence-electron chi connectivity index (χ4n) is 0.576. The van der Waals surface area contributed by atoms with E-state index in [1.165, 1.54) is 13.0 Å². The number of carbonyl (C=O) groups excluding carboxylic acids is 2. The normalized spacial score (nSPS) is 10.8. The lowest BCUT2D eigenvalue weighted by Gasteiger charge is -2.04. The zero-order valence-electron chi connectivity index (χ0n) is 7.42. The summed E-state index contributed by atoms with van der Waals surface area (Å²) in [5.74, 6) is -1.21. The van der Waals surface area contributed by atoms with Crippen LogP contribution < -0.4 is 0 Å². The third-order valence-corrected chi connectivity index (χ3v) is 0.992. The largest absolute Gasteiger partial charge is 0.460 e. The summed E-state index contributed by atoms with van der Waals surface area (Å²) in [5.41, 5.74) is 0. The molecule has 0 aliphatic heterocycles. The molecule has 0 aromatic heterocycles. The van der Waals surface area contributed by atoms with Crippen LogP contribution in [-0.4, -0.2) is 18.5 Å². The summed E-state index contributed by atoms with van der Waals surface area (Å²) in [6.07, 6.45) is 1.39. The van der Waals surface area contributed by atoms with Crippen molar-refractivity contribution in [3.8, 4) is 0 Å². The van der Waals surface area contributed by atoms with Gasteiger partial charge in [0.15, 0.2) is 0 Å². The average molecular weight is 172 g/mol. The fraction of sp³-hybridized carbons (Fsp3) is 0.500.